The minimum atomic E-state index is 0.270. The Morgan fingerprint density at radius 3 is 2.54 bits per heavy atom. The van der Waals surface area contributed by atoms with Crippen LogP contribution in [0.4, 0.5) is 0 Å². The lowest BCUT2D eigenvalue weighted by Crippen LogP contribution is -2.53. The van der Waals surface area contributed by atoms with Crippen molar-refractivity contribution in [1.29, 1.82) is 0 Å². The van der Waals surface area contributed by atoms with Crippen molar-refractivity contribution < 1.29 is 5.11 Å². The van der Waals surface area contributed by atoms with Gasteiger partial charge in [0, 0.05) is 62.1 Å². The molecule has 28 heavy (non-hydrogen) atoms. The van der Waals surface area contributed by atoms with E-state index in [9.17, 15) is 0 Å². The predicted octanol–water partition coefficient (Wildman–Crippen LogP) is 2.10. The molecule has 0 aliphatic carbocycles. The van der Waals surface area contributed by atoms with E-state index in [0.717, 1.165) is 63.1 Å². The second-order valence-corrected chi connectivity index (χ2v) is 8.32. The fourth-order valence-corrected chi connectivity index (χ4v) is 4.58. The Morgan fingerprint density at radius 2 is 1.82 bits per heavy atom. The number of β-amino-alcohol motifs (C(OH)–C–C–N with tert-alkyl or cyclic N) is 1. The van der Waals surface area contributed by atoms with Gasteiger partial charge in [-0.2, -0.15) is 5.10 Å². The molecule has 6 nitrogen and oxygen atoms in total. The van der Waals surface area contributed by atoms with E-state index < -0.39 is 0 Å². The quantitative estimate of drug-likeness (QED) is 0.800. The third-order valence-electron chi connectivity index (χ3n) is 6.01. The van der Waals surface area contributed by atoms with Crippen LogP contribution in [0.25, 0.3) is 5.69 Å². The summed E-state index contributed by atoms with van der Waals surface area (Å²) in [5.74, 6) is 0. The lowest BCUT2D eigenvalue weighted by atomic mass is 10.0. The van der Waals surface area contributed by atoms with E-state index >= 15 is 0 Å². The third-order valence-corrected chi connectivity index (χ3v) is 6.25. The van der Waals surface area contributed by atoms with Crippen molar-refractivity contribution in [2.24, 2.45) is 0 Å². The number of piperazine rings is 1. The van der Waals surface area contributed by atoms with Gasteiger partial charge in [0.2, 0.25) is 0 Å². The highest BCUT2D eigenvalue weighted by Gasteiger charge is 2.27. The Bertz CT molecular complexity index is 751. The molecule has 2 saturated heterocycles. The minimum Gasteiger partial charge on any atom is -0.395 e. The lowest BCUT2D eigenvalue weighted by Gasteiger charge is -2.42. The molecule has 0 amide bonds. The summed E-state index contributed by atoms with van der Waals surface area (Å²) in [6.45, 7) is 8.77. The first-order chi connectivity index (χ1) is 13.7. The zero-order valence-corrected chi connectivity index (χ0v) is 17.1. The molecule has 0 spiro atoms. The predicted molar refractivity (Wildman–Crippen MR) is 112 cm³/mol. The van der Waals surface area contributed by atoms with Crippen molar-refractivity contribution in [2.75, 3.05) is 52.4 Å². The van der Waals surface area contributed by atoms with Crippen LogP contribution in [0.1, 0.15) is 18.4 Å². The van der Waals surface area contributed by atoms with Crippen LogP contribution in [0.3, 0.4) is 0 Å². The first kappa shape index (κ1) is 19.9. The molecule has 2 fully saturated rings. The van der Waals surface area contributed by atoms with Crippen LogP contribution in [0.5, 0.6) is 0 Å². The second kappa shape index (κ2) is 9.37. The number of piperidine rings is 1. The monoisotopic (exact) mass is 403 g/mol. The second-order valence-electron chi connectivity index (χ2n) is 7.88. The van der Waals surface area contributed by atoms with Crippen LogP contribution in [-0.4, -0.2) is 88.0 Å². The molecule has 1 aromatic heterocycles. The van der Waals surface area contributed by atoms with Gasteiger partial charge in [0.1, 0.15) is 0 Å². The highest BCUT2D eigenvalue weighted by molar-refractivity contribution is 6.30. The fraction of sp³-hybridized carbons (Fsp3) is 0.571. The highest BCUT2D eigenvalue weighted by Crippen LogP contribution is 2.20. The summed E-state index contributed by atoms with van der Waals surface area (Å²) in [6.07, 6.45) is 6.55. The average Bonchev–Trinajstić information content (AvgIpc) is 3.18. The number of aliphatic hydroxyl groups excluding tert-OH is 1. The summed E-state index contributed by atoms with van der Waals surface area (Å²) in [7, 11) is 0. The highest BCUT2D eigenvalue weighted by atomic mass is 35.5. The van der Waals surface area contributed by atoms with Gasteiger partial charge in [-0.15, -0.1) is 0 Å². The summed E-state index contributed by atoms with van der Waals surface area (Å²) in [4.78, 5) is 7.56. The number of hydrogen-bond donors (Lipinski definition) is 1. The number of aromatic nitrogens is 2. The third kappa shape index (κ3) is 4.93. The largest absolute Gasteiger partial charge is 0.395 e. The van der Waals surface area contributed by atoms with E-state index in [0.29, 0.717) is 6.04 Å². The molecule has 2 aliphatic heterocycles. The average molecular weight is 404 g/mol. The Morgan fingerprint density at radius 1 is 1.04 bits per heavy atom. The Labute approximate surface area is 172 Å². The molecule has 0 radical (unpaired) electrons. The van der Waals surface area contributed by atoms with Crippen molar-refractivity contribution in [3.05, 3.63) is 47.2 Å². The summed E-state index contributed by atoms with van der Waals surface area (Å²) in [5, 5.41) is 14.3. The van der Waals surface area contributed by atoms with Gasteiger partial charge in [0.25, 0.3) is 0 Å². The molecule has 0 bridgehead atoms. The molecule has 7 heteroatoms. The molecule has 2 aromatic rings. The SMILES string of the molecule is OCCN1CCN(C2CCN(Cc3cnn(-c4cccc(Cl)c4)c3)CC2)CC1. The number of hydrogen-bond acceptors (Lipinski definition) is 5. The maximum atomic E-state index is 9.09. The molecule has 1 aromatic carbocycles. The van der Waals surface area contributed by atoms with Crippen molar-refractivity contribution in [2.45, 2.75) is 25.4 Å². The van der Waals surface area contributed by atoms with E-state index in [2.05, 4.69) is 26.0 Å². The molecule has 0 unspecified atom stereocenters. The van der Waals surface area contributed by atoms with Gasteiger partial charge in [0.05, 0.1) is 18.5 Å². The van der Waals surface area contributed by atoms with Crippen molar-refractivity contribution in [1.82, 2.24) is 24.5 Å². The van der Waals surface area contributed by atoms with Gasteiger partial charge in [0.15, 0.2) is 0 Å². The van der Waals surface area contributed by atoms with Crippen LogP contribution in [0.2, 0.25) is 5.02 Å². The number of rotatable bonds is 6. The lowest BCUT2D eigenvalue weighted by molar-refractivity contribution is 0.0516. The maximum absolute atomic E-state index is 9.09. The van der Waals surface area contributed by atoms with Gasteiger partial charge < -0.3 is 5.11 Å². The number of benzene rings is 1. The van der Waals surface area contributed by atoms with Crippen LogP contribution in [0.15, 0.2) is 36.7 Å². The van der Waals surface area contributed by atoms with Crippen LogP contribution < -0.4 is 0 Å². The van der Waals surface area contributed by atoms with Crippen molar-refractivity contribution in [3.63, 3.8) is 0 Å². The number of halogens is 1. The van der Waals surface area contributed by atoms with E-state index in [-0.39, 0.29) is 6.61 Å². The van der Waals surface area contributed by atoms with Crippen LogP contribution in [0, 0.1) is 0 Å². The van der Waals surface area contributed by atoms with Gasteiger partial charge in [-0.1, -0.05) is 17.7 Å². The van der Waals surface area contributed by atoms with Gasteiger partial charge >= 0.3 is 0 Å². The molecule has 2 aliphatic rings. The number of likely N-dealkylation sites (tertiary alicyclic amines) is 1. The zero-order valence-electron chi connectivity index (χ0n) is 16.4. The van der Waals surface area contributed by atoms with E-state index in [1.54, 1.807) is 0 Å². The summed E-state index contributed by atoms with van der Waals surface area (Å²) in [5.41, 5.74) is 2.24. The number of aliphatic hydroxyl groups is 1. The summed E-state index contributed by atoms with van der Waals surface area (Å²) >= 11 is 6.09. The maximum Gasteiger partial charge on any atom is 0.0660 e. The van der Waals surface area contributed by atoms with Crippen LogP contribution in [-0.2, 0) is 6.54 Å². The van der Waals surface area contributed by atoms with Crippen LogP contribution >= 0.6 is 11.6 Å². The fourth-order valence-electron chi connectivity index (χ4n) is 4.40. The number of nitrogens with zero attached hydrogens (tertiary/aromatic N) is 5. The Balaban J connectivity index is 1.25. The first-order valence-corrected chi connectivity index (χ1v) is 10.7. The normalized spacial score (nSPS) is 20.6. The summed E-state index contributed by atoms with van der Waals surface area (Å²) in [6, 6.07) is 8.50. The minimum absolute atomic E-state index is 0.270. The summed E-state index contributed by atoms with van der Waals surface area (Å²) < 4.78 is 1.90. The smallest absolute Gasteiger partial charge is 0.0660 e. The van der Waals surface area contributed by atoms with Gasteiger partial charge in [-0.05, 0) is 44.1 Å². The van der Waals surface area contributed by atoms with Gasteiger partial charge in [-0.3, -0.25) is 14.7 Å². The standard InChI is InChI=1S/C21H30ClN5O/c22-19-2-1-3-21(14-19)27-17-18(15-23-27)16-25-6-4-20(5-7-25)26-10-8-24(9-11-26)12-13-28/h1-3,14-15,17,20,28H,4-13,16H2. The topological polar surface area (TPSA) is 47.8 Å². The van der Waals surface area contributed by atoms with Crippen molar-refractivity contribution >= 4 is 11.6 Å². The Hall–Kier alpha value is -1.44. The molecule has 4 rings (SSSR count). The first-order valence-electron chi connectivity index (χ1n) is 10.3. The molecule has 1 N–H and O–H groups in total. The molecular formula is C21H30ClN5O. The molecule has 0 atom stereocenters. The van der Waals surface area contributed by atoms with E-state index in [1.807, 2.05) is 35.1 Å². The molecule has 0 saturated carbocycles. The zero-order chi connectivity index (χ0) is 19.3. The molecular weight excluding hydrogens is 374 g/mol. The van der Waals surface area contributed by atoms with E-state index in [4.69, 9.17) is 16.7 Å². The molecule has 3 heterocycles. The van der Waals surface area contributed by atoms with Crippen molar-refractivity contribution in [3.8, 4) is 5.69 Å². The van der Waals surface area contributed by atoms with E-state index in [1.165, 1.54) is 18.4 Å². The van der Waals surface area contributed by atoms with Gasteiger partial charge in [-0.25, -0.2) is 4.68 Å². The Kier molecular flexibility index (Phi) is 6.65. The molecule has 152 valence electrons.